The summed E-state index contributed by atoms with van der Waals surface area (Å²) >= 11 is 0. The molecule has 120 valence electrons. The van der Waals surface area contributed by atoms with Gasteiger partial charge in [0.2, 0.25) is 11.9 Å². The highest BCUT2D eigenvalue weighted by Crippen LogP contribution is 2.25. The average Bonchev–Trinajstić information content (AvgIpc) is 2.53. The number of carbonyl (C=O) groups is 1. The molecule has 5 nitrogen and oxygen atoms in total. The lowest BCUT2D eigenvalue weighted by atomic mass is 10.0. The highest BCUT2D eigenvalue weighted by Gasteiger charge is 2.20. The van der Waals surface area contributed by atoms with E-state index in [1.54, 1.807) is 19.2 Å². The zero-order valence-electron chi connectivity index (χ0n) is 12.6. The second-order valence-electron chi connectivity index (χ2n) is 5.20. The fourth-order valence-corrected chi connectivity index (χ4v) is 2.61. The van der Waals surface area contributed by atoms with Crippen LogP contribution in [0.15, 0.2) is 24.4 Å². The van der Waals surface area contributed by atoms with Crippen molar-refractivity contribution >= 4 is 11.7 Å². The molecule has 0 atom stereocenters. The lowest BCUT2D eigenvalue weighted by Gasteiger charge is -2.30. The van der Waals surface area contributed by atoms with E-state index in [4.69, 9.17) is 4.74 Å². The van der Waals surface area contributed by atoms with Crippen LogP contribution in [-0.4, -0.2) is 29.1 Å². The quantitative estimate of drug-likeness (QED) is 0.643. The molecule has 3 rings (SSSR count). The molecule has 2 aromatic rings. The van der Waals surface area contributed by atoms with Crippen molar-refractivity contribution in [1.29, 1.82) is 0 Å². The first-order valence-corrected chi connectivity index (χ1v) is 7.29. The third kappa shape index (κ3) is 3.28. The number of halogens is 2. The number of carbonyl (C=O) groups excluding carboxylic acids is 1. The first-order valence-electron chi connectivity index (χ1n) is 7.29. The van der Waals surface area contributed by atoms with E-state index >= 15 is 0 Å². The summed E-state index contributed by atoms with van der Waals surface area (Å²) in [7, 11) is 0. The molecule has 0 unspecified atom stereocenters. The molecule has 0 spiro atoms. The van der Waals surface area contributed by atoms with Gasteiger partial charge in [0.05, 0.1) is 6.61 Å². The molecule has 0 amide bonds. The van der Waals surface area contributed by atoms with Gasteiger partial charge in [-0.05, 0) is 30.5 Å². The van der Waals surface area contributed by atoms with E-state index < -0.39 is 17.9 Å². The highest BCUT2D eigenvalue weighted by molar-refractivity contribution is 5.87. The van der Waals surface area contributed by atoms with Crippen molar-refractivity contribution in [2.45, 2.75) is 19.9 Å². The molecule has 1 aliphatic heterocycles. The molecule has 0 aliphatic carbocycles. The first-order chi connectivity index (χ1) is 11.1. The minimum absolute atomic E-state index is 0.278. The predicted molar refractivity (Wildman–Crippen MR) is 79.1 cm³/mol. The van der Waals surface area contributed by atoms with Crippen LogP contribution in [0.25, 0.3) is 0 Å². The Morgan fingerprint density at radius 1 is 1.26 bits per heavy atom. The van der Waals surface area contributed by atoms with E-state index in [-0.39, 0.29) is 5.69 Å². The van der Waals surface area contributed by atoms with E-state index in [9.17, 15) is 13.6 Å². The molecular formula is C16H15F2N3O2. The average molecular weight is 319 g/mol. The van der Waals surface area contributed by atoms with E-state index in [1.807, 2.05) is 4.90 Å². The van der Waals surface area contributed by atoms with Gasteiger partial charge >= 0.3 is 5.97 Å². The fourth-order valence-electron chi connectivity index (χ4n) is 2.61. The topological polar surface area (TPSA) is 55.3 Å². The summed E-state index contributed by atoms with van der Waals surface area (Å²) in [6, 6.07) is 4.13. The zero-order chi connectivity index (χ0) is 16.4. The monoisotopic (exact) mass is 319 g/mol. The summed E-state index contributed by atoms with van der Waals surface area (Å²) in [5, 5.41) is 0. The van der Waals surface area contributed by atoms with Crippen LogP contribution in [-0.2, 0) is 17.7 Å². The van der Waals surface area contributed by atoms with Crippen LogP contribution in [0.4, 0.5) is 14.5 Å². The molecule has 0 saturated heterocycles. The Bertz CT molecular complexity index is 732. The Labute approximate surface area is 131 Å². The van der Waals surface area contributed by atoms with Crippen LogP contribution < -0.4 is 4.90 Å². The maximum atomic E-state index is 13.3. The van der Waals surface area contributed by atoms with Crippen LogP contribution in [0.2, 0.25) is 0 Å². The van der Waals surface area contributed by atoms with Gasteiger partial charge in [-0.2, -0.15) is 13.8 Å². The molecule has 0 bridgehead atoms. The summed E-state index contributed by atoms with van der Waals surface area (Å²) < 4.78 is 31.4. The Balaban J connectivity index is 1.82. The van der Waals surface area contributed by atoms with Gasteiger partial charge in [0, 0.05) is 37.1 Å². The van der Waals surface area contributed by atoms with E-state index in [2.05, 4.69) is 9.97 Å². The molecule has 23 heavy (non-hydrogen) atoms. The lowest BCUT2D eigenvalue weighted by molar-refractivity contribution is 0.0519. The number of rotatable bonds is 3. The Morgan fingerprint density at radius 2 is 2.00 bits per heavy atom. The maximum absolute atomic E-state index is 13.3. The van der Waals surface area contributed by atoms with Crippen molar-refractivity contribution in [3.05, 3.63) is 53.1 Å². The van der Waals surface area contributed by atoms with Gasteiger partial charge < -0.3 is 9.64 Å². The van der Waals surface area contributed by atoms with Gasteiger partial charge in [0.25, 0.3) is 0 Å². The zero-order valence-corrected chi connectivity index (χ0v) is 12.6. The van der Waals surface area contributed by atoms with E-state index in [0.29, 0.717) is 31.8 Å². The van der Waals surface area contributed by atoms with Gasteiger partial charge in [-0.25, -0.2) is 9.78 Å². The van der Waals surface area contributed by atoms with Crippen molar-refractivity contribution < 1.29 is 18.3 Å². The van der Waals surface area contributed by atoms with E-state index in [1.165, 1.54) is 12.1 Å². The summed E-state index contributed by atoms with van der Waals surface area (Å²) in [4.78, 5) is 20.8. The van der Waals surface area contributed by atoms with Crippen molar-refractivity contribution in [3.63, 3.8) is 0 Å². The van der Waals surface area contributed by atoms with Crippen LogP contribution >= 0.6 is 0 Å². The second kappa shape index (κ2) is 6.28. The number of aromatic nitrogens is 2. The third-order valence-corrected chi connectivity index (χ3v) is 3.69. The van der Waals surface area contributed by atoms with Crippen molar-refractivity contribution in [2.24, 2.45) is 0 Å². The summed E-state index contributed by atoms with van der Waals surface area (Å²) in [6.45, 7) is 3.09. The summed E-state index contributed by atoms with van der Waals surface area (Å²) in [5.41, 5.74) is 2.63. The van der Waals surface area contributed by atoms with Gasteiger partial charge in [0.1, 0.15) is 5.69 Å². The Hall–Kier alpha value is -2.57. The van der Waals surface area contributed by atoms with Crippen LogP contribution in [0.1, 0.15) is 28.5 Å². The normalized spacial score (nSPS) is 13.6. The molecular weight excluding hydrogens is 304 g/mol. The highest BCUT2D eigenvalue weighted by atomic mass is 19.1. The SMILES string of the molecule is CCOC(=O)c1cc2c(cn1)CN(c1cc(F)nc(F)c1)CC2. The Kier molecular flexibility index (Phi) is 4.18. The molecule has 0 fully saturated rings. The molecule has 0 saturated carbocycles. The minimum Gasteiger partial charge on any atom is -0.461 e. The minimum atomic E-state index is -0.846. The van der Waals surface area contributed by atoms with Gasteiger partial charge in [0.15, 0.2) is 0 Å². The van der Waals surface area contributed by atoms with Gasteiger partial charge in [-0.15, -0.1) is 0 Å². The molecule has 0 radical (unpaired) electrons. The number of hydrogen-bond acceptors (Lipinski definition) is 5. The molecule has 3 heterocycles. The van der Waals surface area contributed by atoms with Crippen LogP contribution in [0, 0.1) is 11.9 Å². The summed E-state index contributed by atoms with van der Waals surface area (Å²) in [6.07, 6.45) is 2.26. The standard InChI is InChI=1S/C16H15F2N3O2/c1-2-23-16(22)13-5-10-3-4-21(9-11(10)8-19-13)12-6-14(17)20-15(18)7-12/h5-8H,2-4,9H2,1H3. The lowest BCUT2D eigenvalue weighted by Crippen LogP contribution is -2.31. The second-order valence-corrected chi connectivity index (χ2v) is 5.20. The smallest absolute Gasteiger partial charge is 0.356 e. The maximum Gasteiger partial charge on any atom is 0.356 e. The predicted octanol–water partition coefficient (Wildman–Crippen LogP) is 2.49. The number of hydrogen-bond donors (Lipinski definition) is 0. The summed E-state index contributed by atoms with van der Waals surface area (Å²) in [5.74, 6) is -2.14. The number of pyridine rings is 2. The number of anilines is 1. The number of nitrogens with zero attached hydrogens (tertiary/aromatic N) is 3. The number of ether oxygens (including phenoxy) is 1. The van der Waals surface area contributed by atoms with Crippen LogP contribution in [0.3, 0.4) is 0 Å². The third-order valence-electron chi connectivity index (χ3n) is 3.69. The Morgan fingerprint density at radius 3 is 2.70 bits per heavy atom. The van der Waals surface area contributed by atoms with E-state index in [0.717, 1.165) is 11.1 Å². The largest absolute Gasteiger partial charge is 0.461 e. The van der Waals surface area contributed by atoms with Crippen LogP contribution in [0.5, 0.6) is 0 Å². The number of fused-ring (bicyclic) bond motifs is 1. The first kappa shape index (κ1) is 15.3. The fraction of sp³-hybridized carbons (Fsp3) is 0.312. The van der Waals surface area contributed by atoms with Crippen molar-refractivity contribution in [2.75, 3.05) is 18.1 Å². The molecule has 0 N–H and O–H groups in total. The molecule has 1 aliphatic rings. The molecule has 7 heteroatoms. The molecule has 2 aromatic heterocycles. The van der Waals surface area contributed by atoms with Crippen molar-refractivity contribution in [3.8, 4) is 0 Å². The van der Waals surface area contributed by atoms with Gasteiger partial charge in [-0.3, -0.25) is 0 Å². The number of esters is 1. The van der Waals surface area contributed by atoms with Gasteiger partial charge in [-0.1, -0.05) is 0 Å². The molecule has 0 aromatic carbocycles. The van der Waals surface area contributed by atoms with Crippen molar-refractivity contribution in [1.82, 2.24) is 9.97 Å².